The van der Waals surface area contributed by atoms with Gasteiger partial charge in [-0.1, -0.05) is 63.3 Å². The smallest absolute Gasteiger partial charge is 0.155 e. The number of benzene rings is 1. The SMILES string of the molecule is C[C@]12CCC(=O)C=C1CC(CCCCCCCSc1ccccc1)C1C2CC[C@@]2(C)C1CC[C@]2(C)O. The molecule has 1 N–H and O–H groups in total. The molecule has 3 heteroatoms. The summed E-state index contributed by atoms with van der Waals surface area (Å²) in [7, 11) is 0. The van der Waals surface area contributed by atoms with E-state index in [1.54, 1.807) is 0 Å². The Hall–Kier alpha value is -1.06. The number of carbonyl (C=O) groups excluding carboxylic acids is 1. The van der Waals surface area contributed by atoms with Crippen molar-refractivity contribution in [3.8, 4) is 0 Å². The van der Waals surface area contributed by atoms with Gasteiger partial charge in [-0.2, -0.15) is 0 Å². The van der Waals surface area contributed by atoms with Gasteiger partial charge in [0, 0.05) is 11.3 Å². The van der Waals surface area contributed by atoms with Crippen LogP contribution in [-0.4, -0.2) is 22.2 Å². The number of fused-ring (bicyclic) bond motifs is 5. The van der Waals surface area contributed by atoms with E-state index in [0.717, 1.165) is 38.0 Å². The zero-order valence-electron chi connectivity index (χ0n) is 22.9. The van der Waals surface area contributed by atoms with Crippen LogP contribution in [0.15, 0.2) is 46.9 Å². The zero-order valence-corrected chi connectivity index (χ0v) is 23.8. The molecule has 0 aliphatic heterocycles. The highest BCUT2D eigenvalue weighted by molar-refractivity contribution is 7.99. The minimum Gasteiger partial charge on any atom is -0.390 e. The summed E-state index contributed by atoms with van der Waals surface area (Å²) in [4.78, 5) is 13.8. The summed E-state index contributed by atoms with van der Waals surface area (Å²) in [6.07, 6.45) is 17.4. The minimum atomic E-state index is -0.523. The summed E-state index contributed by atoms with van der Waals surface area (Å²) in [6, 6.07) is 10.8. The Labute approximate surface area is 224 Å². The maximum absolute atomic E-state index is 12.4. The van der Waals surface area contributed by atoms with E-state index in [1.807, 2.05) is 11.8 Å². The summed E-state index contributed by atoms with van der Waals surface area (Å²) in [6.45, 7) is 7.01. The van der Waals surface area contributed by atoms with Crippen LogP contribution >= 0.6 is 11.8 Å². The number of unbranched alkanes of at least 4 members (excludes halogenated alkanes) is 4. The maximum Gasteiger partial charge on any atom is 0.155 e. The van der Waals surface area contributed by atoms with E-state index >= 15 is 0 Å². The molecule has 5 rings (SSSR count). The quantitative estimate of drug-likeness (QED) is 0.268. The summed E-state index contributed by atoms with van der Waals surface area (Å²) in [5.74, 6) is 4.32. The van der Waals surface area contributed by atoms with Crippen molar-refractivity contribution in [2.75, 3.05) is 5.75 Å². The van der Waals surface area contributed by atoms with Gasteiger partial charge < -0.3 is 5.11 Å². The molecule has 0 amide bonds. The first-order valence-corrected chi connectivity index (χ1v) is 15.9. The van der Waals surface area contributed by atoms with Gasteiger partial charge in [0.2, 0.25) is 0 Å². The number of aliphatic hydroxyl groups is 1. The molecule has 7 atom stereocenters. The van der Waals surface area contributed by atoms with Gasteiger partial charge in [0.15, 0.2) is 5.78 Å². The molecule has 0 spiro atoms. The van der Waals surface area contributed by atoms with Crippen molar-refractivity contribution in [1.29, 1.82) is 0 Å². The summed E-state index contributed by atoms with van der Waals surface area (Å²) >= 11 is 1.98. The second-order valence-corrected chi connectivity index (χ2v) is 14.5. The fourth-order valence-electron chi connectivity index (χ4n) is 8.99. The second-order valence-electron chi connectivity index (χ2n) is 13.3. The van der Waals surface area contributed by atoms with Gasteiger partial charge in [0.25, 0.3) is 0 Å². The van der Waals surface area contributed by atoms with Gasteiger partial charge in [-0.3, -0.25) is 4.79 Å². The Bertz CT molecular complexity index is 952. The molecule has 1 aromatic carbocycles. The average molecular weight is 509 g/mol. The van der Waals surface area contributed by atoms with E-state index in [2.05, 4.69) is 57.2 Å². The molecule has 2 nitrogen and oxygen atoms in total. The van der Waals surface area contributed by atoms with Crippen LogP contribution in [0.1, 0.15) is 104 Å². The molecule has 36 heavy (non-hydrogen) atoms. The highest BCUT2D eigenvalue weighted by Crippen LogP contribution is 2.69. The largest absolute Gasteiger partial charge is 0.390 e. The molecule has 0 radical (unpaired) electrons. The van der Waals surface area contributed by atoms with Crippen LogP contribution in [-0.2, 0) is 4.79 Å². The van der Waals surface area contributed by atoms with Gasteiger partial charge in [0.1, 0.15) is 0 Å². The highest BCUT2D eigenvalue weighted by atomic mass is 32.2. The second kappa shape index (κ2) is 10.6. The predicted octanol–water partition coefficient (Wildman–Crippen LogP) is 8.63. The topological polar surface area (TPSA) is 37.3 Å². The third-order valence-electron chi connectivity index (χ3n) is 11.4. The highest BCUT2D eigenvalue weighted by Gasteiger charge is 2.64. The van der Waals surface area contributed by atoms with E-state index in [0.29, 0.717) is 23.5 Å². The molecule has 3 saturated carbocycles. The third-order valence-corrected chi connectivity index (χ3v) is 12.5. The van der Waals surface area contributed by atoms with Gasteiger partial charge in [-0.25, -0.2) is 0 Å². The van der Waals surface area contributed by atoms with Gasteiger partial charge in [-0.05, 0) is 117 Å². The van der Waals surface area contributed by atoms with Gasteiger partial charge in [-0.15, -0.1) is 11.8 Å². The van der Waals surface area contributed by atoms with Crippen molar-refractivity contribution >= 4 is 17.5 Å². The van der Waals surface area contributed by atoms with Gasteiger partial charge in [0.05, 0.1) is 5.60 Å². The zero-order chi connectivity index (χ0) is 25.4. The monoisotopic (exact) mass is 508 g/mol. The minimum absolute atomic E-state index is 0.0604. The summed E-state index contributed by atoms with van der Waals surface area (Å²) < 4.78 is 0. The predicted molar refractivity (Wildman–Crippen MR) is 151 cm³/mol. The maximum atomic E-state index is 12.4. The normalized spacial score (nSPS) is 39.8. The molecule has 198 valence electrons. The molecule has 4 unspecified atom stereocenters. The summed E-state index contributed by atoms with van der Waals surface area (Å²) in [5.41, 5.74) is 1.23. The van der Waals surface area contributed by atoms with Crippen LogP contribution in [0, 0.1) is 34.5 Å². The van der Waals surface area contributed by atoms with E-state index in [-0.39, 0.29) is 10.8 Å². The number of carbonyl (C=O) groups is 1. The van der Waals surface area contributed by atoms with Crippen LogP contribution in [0.4, 0.5) is 0 Å². The van der Waals surface area contributed by atoms with Crippen LogP contribution in [0.3, 0.4) is 0 Å². The Morgan fingerprint density at radius 3 is 2.44 bits per heavy atom. The number of rotatable bonds is 9. The molecule has 1 aromatic rings. The van der Waals surface area contributed by atoms with E-state index in [9.17, 15) is 9.90 Å². The summed E-state index contributed by atoms with van der Waals surface area (Å²) in [5, 5.41) is 11.4. The molecule has 4 aliphatic carbocycles. The molecule has 0 bridgehead atoms. The van der Waals surface area contributed by atoms with Crippen molar-refractivity contribution in [2.24, 2.45) is 34.5 Å². The lowest BCUT2D eigenvalue weighted by Crippen LogP contribution is -2.56. The lowest BCUT2D eigenvalue weighted by Gasteiger charge is -2.61. The molecule has 4 aliphatic rings. The number of allylic oxidation sites excluding steroid dienone is 1. The average Bonchev–Trinajstić information content (AvgIpc) is 3.11. The Morgan fingerprint density at radius 1 is 0.917 bits per heavy atom. The van der Waals surface area contributed by atoms with Crippen LogP contribution < -0.4 is 0 Å². The van der Waals surface area contributed by atoms with Crippen molar-refractivity contribution in [1.82, 2.24) is 0 Å². The molecule has 3 fully saturated rings. The first-order chi connectivity index (χ1) is 17.2. The molecule has 0 saturated heterocycles. The molecule has 0 heterocycles. The number of ketones is 1. The van der Waals surface area contributed by atoms with E-state index < -0.39 is 5.60 Å². The molecule has 0 aromatic heterocycles. The van der Waals surface area contributed by atoms with Crippen molar-refractivity contribution in [2.45, 2.75) is 115 Å². The van der Waals surface area contributed by atoms with Crippen LogP contribution in [0.25, 0.3) is 0 Å². The van der Waals surface area contributed by atoms with E-state index in [1.165, 1.54) is 67.6 Å². The fourth-order valence-corrected chi connectivity index (χ4v) is 9.92. The van der Waals surface area contributed by atoms with Crippen molar-refractivity contribution in [3.63, 3.8) is 0 Å². The van der Waals surface area contributed by atoms with Crippen molar-refractivity contribution < 1.29 is 9.90 Å². The lowest BCUT2D eigenvalue weighted by atomic mass is 9.44. The number of hydrogen-bond acceptors (Lipinski definition) is 3. The Balaban J connectivity index is 1.19. The standard InChI is InChI=1S/C33H48O2S/c1-31-18-15-26(34)23-25(31)22-24(12-8-5-4-6-11-21-36-27-13-9-7-10-14-27)30-28(31)16-19-32(2)29(30)17-20-33(32,3)35/h7,9-10,13-14,23-24,28-30,35H,4-6,8,11-12,15-22H2,1-3H3/t24?,28?,29?,30?,31-,32-,33-/m0/s1. The third kappa shape index (κ3) is 4.89. The first-order valence-electron chi connectivity index (χ1n) is 14.9. The molecular formula is C33H48O2S. The molecular weight excluding hydrogens is 460 g/mol. The van der Waals surface area contributed by atoms with E-state index in [4.69, 9.17) is 0 Å². The van der Waals surface area contributed by atoms with Crippen LogP contribution in [0.2, 0.25) is 0 Å². The fraction of sp³-hybridized carbons (Fsp3) is 0.727. The Morgan fingerprint density at radius 2 is 1.64 bits per heavy atom. The number of hydrogen-bond donors (Lipinski definition) is 1. The van der Waals surface area contributed by atoms with Gasteiger partial charge >= 0.3 is 0 Å². The Kier molecular flexibility index (Phi) is 7.82. The van der Waals surface area contributed by atoms with Crippen LogP contribution in [0.5, 0.6) is 0 Å². The first kappa shape index (κ1) is 26.5. The van der Waals surface area contributed by atoms with Crippen molar-refractivity contribution in [3.05, 3.63) is 42.0 Å². The lowest BCUT2D eigenvalue weighted by molar-refractivity contribution is -0.135. The number of thioether (sulfide) groups is 1.